The highest BCUT2D eigenvalue weighted by Crippen LogP contribution is 2.27. The van der Waals surface area contributed by atoms with Crippen molar-refractivity contribution in [3.05, 3.63) is 23.8 Å². The van der Waals surface area contributed by atoms with E-state index in [1.54, 1.807) is 24.8 Å². The Bertz CT molecular complexity index is 725. The SMILES string of the molecule is COc1ccc(C(=O)N2CCCCC2CN)cc1S(=O)(=O)NC(C)C.Cl. The van der Waals surface area contributed by atoms with Crippen molar-refractivity contribution < 1.29 is 17.9 Å². The van der Waals surface area contributed by atoms with Crippen LogP contribution in [0.4, 0.5) is 0 Å². The lowest BCUT2D eigenvalue weighted by atomic mass is 10.0. The summed E-state index contributed by atoms with van der Waals surface area (Å²) in [6, 6.07) is 4.23. The summed E-state index contributed by atoms with van der Waals surface area (Å²) in [6.07, 6.45) is 2.85. The quantitative estimate of drug-likeness (QED) is 0.750. The number of methoxy groups -OCH3 is 1. The van der Waals surface area contributed by atoms with Gasteiger partial charge in [0.1, 0.15) is 10.6 Å². The molecule has 148 valence electrons. The van der Waals surface area contributed by atoms with Crippen LogP contribution in [0.25, 0.3) is 0 Å². The highest BCUT2D eigenvalue weighted by atomic mass is 35.5. The Labute approximate surface area is 161 Å². The van der Waals surface area contributed by atoms with E-state index in [9.17, 15) is 13.2 Å². The number of ether oxygens (including phenoxy) is 1. The number of likely N-dealkylation sites (tertiary alicyclic amines) is 1. The van der Waals surface area contributed by atoms with Gasteiger partial charge >= 0.3 is 0 Å². The fraction of sp³-hybridized carbons (Fsp3) is 0.588. The van der Waals surface area contributed by atoms with E-state index in [0.717, 1.165) is 19.3 Å². The molecule has 1 aromatic rings. The molecule has 2 rings (SSSR count). The molecule has 1 unspecified atom stereocenters. The molecule has 1 amide bonds. The molecule has 1 saturated heterocycles. The van der Waals surface area contributed by atoms with Gasteiger partial charge in [0.05, 0.1) is 7.11 Å². The predicted molar refractivity (Wildman–Crippen MR) is 103 cm³/mol. The van der Waals surface area contributed by atoms with E-state index in [-0.39, 0.29) is 41.0 Å². The number of rotatable bonds is 6. The molecule has 1 heterocycles. The number of hydrogen-bond donors (Lipinski definition) is 2. The van der Waals surface area contributed by atoms with Crippen molar-refractivity contribution in [1.82, 2.24) is 9.62 Å². The van der Waals surface area contributed by atoms with Gasteiger partial charge in [-0.2, -0.15) is 0 Å². The van der Waals surface area contributed by atoms with Crippen LogP contribution in [0.1, 0.15) is 43.5 Å². The highest BCUT2D eigenvalue weighted by molar-refractivity contribution is 7.89. The second-order valence-corrected chi connectivity index (χ2v) is 8.21. The number of nitrogens with two attached hydrogens (primary N) is 1. The molecule has 1 aliphatic rings. The van der Waals surface area contributed by atoms with E-state index in [1.165, 1.54) is 19.2 Å². The van der Waals surface area contributed by atoms with Crippen LogP contribution in [0.2, 0.25) is 0 Å². The zero-order chi connectivity index (χ0) is 18.6. The van der Waals surface area contributed by atoms with E-state index in [4.69, 9.17) is 10.5 Å². The van der Waals surface area contributed by atoms with E-state index in [0.29, 0.717) is 18.7 Å². The van der Waals surface area contributed by atoms with Crippen LogP contribution in [0.3, 0.4) is 0 Å². The Morgan fingerprint density at radius 3 is 2.65 bits per heavy atom. The lowest BCUT2D eigenvalue weighted by molar-refractivity contribution is 0.0623. The van der Waals surface area contributed by atoms with Crippen LogP contribution in [0.5, 0.6) is 5.75 Å². The minimum Gasteiger partial charge on any atom is -0.495 e. The molecule has 0 spiro atoms. The van der Waals surface area contributed by atoms with Crippen molar-refractivity contribution in [3.63, 3.8) is 0 Å². The fourth-order valence-corrected chi connectivity index (χ4v) is 4.52. The van der Waals surface area contributed by atoms with Crippen molar-refractivity contribution in [2.75, 3.05) is 20.2 Å². The number of piperidine rings is 1. The Morgan fingerprint density at radius 1 is 1.38 bits per heavy atom. The number of sulfonamides is 1. The topological polar surface area (TPSA) is 102 Å². The number of nitrogens with zero attached hydrogens (tertiary/aromatic N) is 1. The molecular weight excluding hydrogens is 378 g/mol. The monoisotopic (exact) mass is 405 g/mol. The van der Waals surface area contributed by atoms with Crippen LogP contribution >= 0.6 is 12.4 Å². The van der Waals surface area contributed by atoms with E-state index in [2.05, 4.69) is 4.72 Å². The molecule has 3 N–H and O–H groups in total. The van der Waals surface area contributed by atoms with Crippen molar-refractivity contribution in [3.8, 4) is 5.75 Å². The molecule has 0 aliphatic carbocycles. The minimum atomic E-state index is -3.78. The predicted octanol–water partition coefficient (Wildman–Crippen LogP) is 1.76. The van der Waals surface area contributed by atoms with Crippen molar-refractivity contribution in [1.29, 1.82) is 0 Å². The summed E-state index contributed by atoms with van der Waals surface area (Å²) in [5.74, 6) is 0.0116. The lowest BCUT2D eigenvalue weighted by Crippen LogP contribution is -2.47. The number of amides is 1. The molecule has 1 atom stereocenters. The zero-order valence-electron chi connectivity index (χ0n) is 15.4. The Balaban J connectivity index is 0.00000338. The number of hydrogen-bond acceptors (Lipinski definition) is 5. The van der Waals surface area contributed by atoms with Crippen molar-refractivity contribution in [2.24, 2.45) is 5.73 Å². The van der Waals surface area contributed by atoms with Crippen LogP contribution in [-0.4, -0.2) is 51.5 Å². The molecule has 0 saturated carbocycles. The standard InChI is InChI=1S/C17H27N3O4S.ClH/c1-12(2)19-25(22,23)16-10-13(7-8-15(16)24-3)17(21)20-9-5-4-6-14(20)11-18;/h7-8,10,12,14,19H,4-6,9,11,18H2,1-3H3;1H. The molecule has 9 heteroatoms. The van der Waals surface area contributed by atoms with Gasteiger partial charge in [-0.25, -0.2) is 13.1 Å². The second-order valence-electron chi connectivity index (χ2n) is 6.53. The molecule has 0 aromatic heterocycles. The number of halogens is 1. The fourth-order valence-electron chi connectivity index (χ4n) is 3.07. The molecule has 1 aromatic carbocycles. The average molecular weight is 406 g/mol. The maximum Gasteiger partial charge on any atom is 0.254 e. The molecule has 1 fully saturated rings. The molecular formula is C17H28ClN3O4S. The van der Waals surface area contributed by atoms with Gasteiger partial charge in [0, 0.05) is 30.7 Å². The normalized spacial score (nSPS) is 17.7. The summed E-state index contributed by atoms with van der Waals surface area (Å²) in [5, 5.41) is 0. The minimum absolute atomic E-state index is 0. The summed E-state index contributed by atoms with van der Waals surface area (Å²) in [4.78, 5) is 14.6. The molecule has 1 aliphatic heterocycles. The maximum atomic E-state index is 12.9. The van der Waals surface area contributed by atoms with Gasteiger partial charge in [-0.15, -0.1) is 12.4 Å². The molecule has 0 bridgehead atoms. The molecule has 26 heavy (non-hydrogen) atoms. The van der Waals surface area contributed by atoms with Gasteiger partial charge < -0.3 is 15.4 Å². The number of carbonyl (C=O) groups is 1. The molecule has 0 radical (unpaired) electrons. The Kier molecular flexibility index (Phi) is 8.33. The first-order chi connectivity index (χ1) is 11.8. The van der Waals surface area contributed by atoms with E-state index < -0.39 is 10.0 Å². The maximum absolute atomic E-state index is 12.9. The van der Waals surface area contributed by atoms with Gasteiger partial charge in [0.15, 0.2) is 0 Å². The van der Waals surface area contributed by atoms with Crippen LogP contribution in [-0.2, 0) is 10.0 Å². The first-order valence-electron chi connectivity index (χ1n) is 8.51. The summed E-state index contributed by atoms with van der Waals surface area (Å²) < 4.78 is 32.8. The largest absolute Gasteiger partial charge is 0.495 e. The van der Waals surface area contributed by atoms with Gasteiger partial charge in [0.25, 0.3) is 5.91 Å². The second kappa shape index (κ2) is 9.55. The Morgan fingerprint density at radius 2 is 2.08 bits per heavy atom. The van der Waals surface area contributed by atoms with Gasteiger partial charge in [-0.1, -0.05) is 0 Å². The van der Waals surface area contributed by atoms with Gasteiger partial charge in [-0.3, -0.25) is 4.79 Å². The van der Waals surface area contributed by atoms with E-state index in [1.807, 2.05) is 0 Å². The first-order valence-corrected chi connectivity index (χ1v) is 10.00. The van der Waals surface area contributed by atoms with Gasteiger partial charge in [-0.05, 0) is 51.3 Å². The summed E-state index contributed by atoms with van der Waals surface area (Å²) in [5.41, 5.74) is 6.11. The van der Waals surface area contributed by atoms with Crippen molar-refractivity contribution >= 4 is 28.3 Å². The van der Waals surface area contributed by atoms with Crippen LogP contribution in [0, 0.1) is 0 Å². The van der Waals surface area contributed by atoms with Gasteiger partial charge in [0.2, 0.25) is 10.0 Å². The van der Waals surface area contributed by atoms with Crippen LogP contribution in [0.15, 0.2) is 23.1 Å². The summed E-state index contributed by atoms with van der Waals surface area (Å²) in [6.45, 7) is 4.51. The van der Waals surface area contributed by atoms with Crippen molar-refractivity contribution in [2.45, 2.75) is 50.1 Å². The van der Waals surface area contributed by atoms with E-state index >= 15 is 0 Å². The number of nitrogens with one attached hydrogen (secondary N) is 1. The number of carbonyl (C=O) groups excluding carboxylic acids is 1. The third-order valence-electron chi connectivity index (χ3n) is 4.25. The smallest absolute Gasteiger partial charge is 0.254 e. The highest BCUT2D eigenvalue weighted by Gasteiger charge is 2.28. The Hall–Kier alpha value is -1.35. The third kappa shape index (κ3) is 5.09. The molecule has 7 nitrogen and oxygen atoms in total. The van der Waals surface area contributed by atoms with Crippen LogP contribution < -0.4 is 15.2 Å². The number of benzene rings is 1. The lowest BCUT2D eigenvalue weighted by Gasteiger charge is -2.35. The first kappa shape index (κ1) is 22.7. The average Bonchev–Trinajstić information content (AvgIpc) is 2.59. The third-order valence-corrected chi connectivity index (χ3v) is 5.93. The summed E-state index contributed by atoms with van der Waals surface area (Å²) in [7, 11) is -2.38. The summed E-state index contributed by atoms with van der Waals surface area (Å²) >= 11 is 0. The zero-order valence-corrected chi connectivity index (χ0v) is 17.0.